The van der Waals surface area contributed by atoms with Crippen molar-refractivity contribution in [2.75, 3.05) is 20.2 Å². The number of nitrogens with zero attached hydrogens (tertiary/aromatic N) is 2. The standard InChI is InChI=1S/C15H20N2O/c1-12-6-5-9-17(11-12)14(10-16)13-7-3-4-8-15(13)18-2/h3-4,7-8,12,14H,5-6,9,11H2,1-2H3. The third-order valence-electron chi connectivity index (χ3n) is 3.61. The Balaban J connectivity index is 2.25. The van der Waals surface area contributed by atoms with Crippen molar-refractivity contribution in [3.8, 4) is 11.8 Å². The van der Waals surface area contributed by atoms with E-state index in [2.05, 4.69) is 17.9 Å². The van der Waals surface area contributed by atoms with E-state index in [0.29, 0.717) is 5.92 Å². The van der Waals surface area contributed by atoms with E-state index < -0.39 is 0 Å². The highest BCUT2D eigenvalue weighted by Gasteiger charge is 2.26. The van der Waals surface area contributed by atoms with Crippen molar-refractivity contribution in [3.05, 3.63) is 29.8 Å². The SMILES string of the molecule is COc1ccccc1C(C#N)N1CCCC(C)C1. The summed E-state index contributed by atoms with van der Waals surface area (Å²) >= 11 is 0. The molecule has 1 fully saturated rings. The molecule has 1 saturated heterocycles. The molecule has 0 bridgehead atoms. The summed E-state index contributed by atoms with van der Waals surface area (Å²) in [6.07, 6.45) is 2.44. The van der Waals surface area contributed by atoms with Gasteiger partial charge in [0.1, 0.15) is 11.8 Å². The van der Waals surface area contributed by atoms with Gasteiger partial charge >= 0.3 is 0 Å². The number of benzene rings is 1. The molecule has 1 aromatic rings. The summed E-state index contributed by atoms with van der Waals surface area (Å²) in [5.74, 6) is 1.48. The maximum absolute atomic E-state index is 9.49. The predicted molar refractivity (Wildman–Crippen MR) is 71.3 cm³/mol. The van der Waals surface area contributed by atoms with Gasteiger partial charge in [-0.25, -0.2) is 0 Å². The van der Waals surface area contributed by atoms with Crippen molar-refractivity contribution < 1.29 is 4.74 Å². The fraction of sp³-hybridized carbons (Fsp3) is 0.533. The van der Waals surface area contributed by atoms with Gasteiger partial charge in [0.25, 0.3) is 0 Å². The van der Waals surface area contributed by atoms with E-state index >= 15 is 0 Å². The first kappa shape index (κ1) is 12.9. The monoisotopic (exact) mass is 244 g/mol. The lowest BCUT2D eigenvalue weighted by atomic mass is 9.96. The summed E-state index contributed by atoms with van der Waals surface area (Å²) in [5.41, 5.74) is 0.983. The molecule has 3 heteroatoms. The largest absolute Gasteiger partial charge is 0.496 e. The van der Waals surface area contributed by atoms with Crippen LogP contribution in [0.1, 0.15) is 31.4 Å². The van der Waals surface area contributed by atoms with E-state index in [9.17, 15) is 5.26 Å². The van der Waals surface area contributed by atoms with Gasteiger partial charge in [0.2, 0.25) is 0 Å². The maximum Gasteiger partial charge on any atom is 0.127 e. The van der Waals surface area contributed by atoms with Gasteiger partial charge in [0, 0.05) is 12.1 Å². The van der Waals surface area contributed by atoms with Crippen molar-refractivity contribution in [1.29, 1.82) is 5.26 Å². The minimum absolute atomic E-state index is 0.191. The van der Waals surface area contributed by atoms with Gasteiger partial charge in [-0.15, -0.1) is 0 Å². The highest BCUT2D eigenvalue weighted by Crippen LogP contribution is 2.31. The van der Waals surface area contributed by atoms with Crippen LogP contribution in [-0.4, -0.2) is 25.1 Å². The zero-order valence-corrected chi connectivity index (χ0v) is 11.1. The Kier molecular flexibility index (Phi) is 4.22. The normalized spacial score (nSPS) is 22.2. The number of rotatable bonds is 3. The third kappa shape index (κ3) is 2.65. The Morgan fingerprint density at radius 3 is 2.89 bits per heavy atom. The predicted octanol–water partition coefficient (Wildman–Crippen LogP) is 2.99. The number of ether oxygens (including phenoxy) is 1. The summed E-state index contributed by atoms with van der Waals surface area (Å²) in [6.45, 7) is 4.25. The maximum atomic E-state index is 9.49. The quantitative estimate of drug-likeness (QED) is 0.820. The smallest absolute Gasteiger partial charge is 0.127 e. The van der Waals surface area contributed by atoms with Crippen LogP contribution in [0.15, 0.2) is 24.3 Å². The molecule has 0 N–H and O–H groups in total. The third-order valence-corrected chi connectivity index (χ3v) is 3.61. The van der Waals surface area contributed by atoms with Crippen LogP contribution in [0.2, 0.25) is 0 Å². The fourth-order valence-electron chi connectivity index (χ4n) is 2.70. The average molecular weight is 244 g/mol. The highest BCUT2D eigenvalue weighted by molar-refractivity contribution is 5.38. The molecule has 2 unspecified atom stereocenters. The Labute approximate surface area is 109 Å². The second kappa shape index (κ2) is 5.88. The second-order valence-corrected chi connectivity index (χ2v) is 5.02. The lowest BCUT2D eigenvalue weighted by Gasteiger charge is -2.34. The number of para-hydroxylation sites is 1. The lowest BCUT2D eigenvalue weighted by molar-refractivity contribution is 0.154. The molecule has 96 valence electrons. The molecule has 1 aromatic carbocycles. The van der Waals surface area contributed by atoms with E-state index in [1.807, 2.05) is 24.3 Å². The molecule has 0 radical (unpaired) electrons. The van der Waals surface area contributed by atoms with Crippen LogP contribution in [0.5, 0.6) is 5.75 Å². The van der Waals surface area contributed by atoms with Crippen LogP contribution < -0.4 is 4.74 Å². The molecule has 1 aliphatic rings. The van der Waals surface area contributed by atoms with Crippen LogP contribution in [0.25, 0.3) is 0 Å². The molecular weight excluding hydrogens is 224 g/mol. The number of likely N-dealkylation sites (tertiary alicyclic amines) is 1. The first-order valence-corrected chi connectivity index (χ1v) is 6.53. The molecule has 0 spiro atoms. The molecule has 2 rings (SSSR count). The molecule has 0 amide bonds. The van der Waals surface area contributed by atoms with Crippen LogP contribution in [0.3, 0.4) is 0 Å². The van der Waals surface area contributed by atoms with Crippen molar-refractivity contribution in [1.82, 2.24) is 4.90 Å². The molecule has 1 heterocycles. The summed E-state index contributed by atoms with van der Waals surface area (Å²) in [7, 11) is 1.66. The minimum atomic E-state index is -0.191. The van der Waals surface area contributed by atoms with E-state index in [1.54, 1.807) is 7.11 Å². The highest BCUT2D eigenvalue weighted by atomic mass is 16.5. The number of methoxy groups -OCH3 is 1. The molecule has 0 aliphatic carbocycles. The Morgan fingerprint density at radius 2 is 2.22 bits per heavy atom. The van der Waals surface area contributed by atoms with Gasteiger partial charge in [0.15, 0.2) is 0 Å². The van der Waals surface area contributed by atoms with Gasteiger partial charge in [-0.2, -0.15) is 5.26 Å². The van der Waals surface area contributed by atoms with Crippen LogP contribution >= 0.6 is 0 Å². The van der Waals surface area contributed by atoms with Gasteiger partial charge in [-0.3, -0.25) is 4.90 Å². The molecular formula is C15H20N2O. The van der Waals surface area contributed by atoms with E-state index in [1.165, 1.54) is 12.8 Å². The molecule has 1 aliphatic heterocycles. The van der Waals surface area contributed by atoms with Crippen molar-refractivity contribution in [2.45, 2.75) is 25.8 Å². The van der Waals surface area contributed by atoms with E-state index in [4.69, 9.17) is 4.74 Å². The Morgan fingerprint density at radius 1 is 1.44 bits per heavy atom. The van der Waals surface area contributed by atoms with Gasteiger partial charge in [0.05, 0.1) is 13.2 Å². The lowest BCUT2D eigenvalue weighted by Crippen LogP contribution is -2.37. The summed E-state index contributed by atoms with van der Waals surface area (Å²) in [6, 6.07) is 10.1. The van der Waals surface area contributed by atoms with Crippen molar-refractivity contribution in [3.63, 3.8) is 0 Å². The zero-order valence-electron chi connectivity index (χ0n) is 11.1. The zero-order chi connectivity index (χ0) is 13.0. The van der Waals surface area contributed by atoms with E-state index in [0.717, 1.165) is 24.4 Å². The molecule has 2 atom stereocenters. The fourth-order valence-corrected chi connectivity index (χ4v) is 2.70. The molecule has 3 nitrogen and oxygen atoms in total. The summed E-state index contributed by atoms with van der Waals surface area (Å²) < 4.78 is 5.37. The summed E-state index contributed by atoms with van der Waals surface area (Å²) in [4.78, 5) is 2.27. The minimum Gasteiger partial charge on any atom is -0.496 e. The first-order chi connectivity index (χ1) is 8.76. The van der Waals surface area contributed by atoms with Crippen molar-refractivity contribution in [2.24, 2.45) is 5.92 Å². The Hall–Kier alpha value is -1.53. The molecule has 18 heavy (non-hydrogen) atoms. The van der Waals surface area contributed by atoms with E-state index in [-0.39, 0.29) is 6.04 Å². The molecule has 0 saturated carbocycles. The van der Waals surface area contributed by atoms with Crippen LogP contribution in [0.4, 0.5) is 0 Å². The average Bonchev–Trinajstić information content (AvgIpc) is 2.40. The number of hydrogen-bond donors (Lipinski definition) is 0. The molecule has 0 aromatic heterocycles. The van der Waals surface area contributed by atoms with Crippen LogP contribution in [-0.2, 0) is 0 Å². The number of hydrogen-bond acceptors (Lipinski definition) is 3. The number of nitriles is 1. The first-order valence-electron chi connectivity index (χ1n) is 6.53. The van der Waals surface area contributed by atoms with Crippen molar-refractivity contribution >= 4 is 0 Å². The Bertz CT molecular complexity index is 438. The van der Waals surface area contributed by atoms with Gasteiger partial charge in [-0.1, -0.05) is 25.1 Å². The summed E-state index contributed by atoms with van der Waals surface area (Å²) in [5, 5.41) is 9.49. The van der Waals surface area contributed by atoms with Gasteiger partial charge in [-0.05, 0) is 31.4 Å². The second-order valence-electron chi connectivity index (χ2n) is 5.02. The number of piperidine rings is 1. The van der Waals surface area contributed by atoms with Crippen LogP contribution in [0, 0.1) is 17.2 Å². The van der Waals surface area contributed by atoms with Gasteiger partial charge < -0.3 is 4.74 Å². The topological polar surface area (TPSA) is 36.3 Å².